The third-order valence-electron chi connectivity index (χ3n) is 2.11. The summed E-state index contributed by atoms with van der Waals surface area (Å²) in [5.41, 5.74) is 5.24. The Balaban J connectivity index is 2.62. The van der Waals surface area contributed by atoms with Crippen LogP contribution in [0, 0.1) is 0 Å². The van der Waals surface area contributed by atoms with Gasteiger partial charge in [-0.05, 0) is 0 Å². The summed E-state index contributed by atoms with van der Waals surface area (Å²) in [4.78, 5) is 12.1. The van der Waals surface area contributed by atoms with Gasteiger partial charge < -0.3 is 10.5 Å². The molecule has 2 N–H and O–H groups in total. The van der Waals surface area contributed by atoms with Gasteiger partial charge in [-0.3, -0.25) is 0 Å². The van der Waals surface area contributed by atoms with Crippen LogP contribution in [0.4, 0.5) is 19.1 Å². The second-order valence-corrected chi connectivity index (χ2v) is 5.10. The lowest BCUT2D eigenvalue weighted by Crippen LogP contribution is -2.21. The van der Waals surface area contributed by atoms with Gasteiger partial charge in [0, 0.05) is 11.8 Å². The molecule has 19 heavy (non-hydrogen) atoms. The fourth-order valence-electron chi connectivity index (χ4n) is 1.24. The van der Waals surface area contributed by atoms with Gasteiger partial charge in [0.25, 0.3) is 0 Å². The van der Waals surface area contributed by atoms with Crippen molar-refractivity contribution in [3.63, 3.8) is 0 Å². The normalized spacial score (nSPS) is 12.7. The Morgan fingerprint density at radius 1 is 1.11 bits per heavy atom. The Bertz CT molecular complexity index is 429. The zero-order valence-corrected chi connectivity index (χ0v) is 11.1. The highest BCUT2D eigenvalue weighted by molar-refractivity contribution is 5.19. The Morgan fingerprint density at radius 2 is 1.74 bits per heavy atom. The van der Waals surface area contributed by atoms with Crippen LogP contribution in [-0.2, 0) is 16.6 Å². The summed E-state index contributed by atoms with van der Waals surface area (Å²) in [5.74, 6) is 0.899. The molecule has 1 rings (SSSR count). The maximum absolute atomic E-state index is 11.9. The van der Waals surface area contributed by atoms with Crippen molar-refractivity contribution < 1.29 is 17.9 Å². The highest BCUT2D eigenvalue weighted by Gasteiger charge is 2.27. The molecule has 0 aromatic carbocycles. The summed E-state index contributed by atoms with van der Waals surface area (Å²) < 4.78 is 40.1. The van der Waals surface area contributed by atoms with Gasteiger partial charge in [-0.2, -0.15) is 23.1 Å². The first-order chi connectivity index (χ1) is 8.58. The summed E-state index contributed by atoms with van der Waals surface area (Å²) in [6.07, 6.45) is -4.17. The molecule has 1 aromatic rings. The molecule has 108 valence electrons. The van der Waals surface area contributed by atoms with Gasteiger partial charge in [-0.25, -0.2) is 4.98 Å². The van der Waals surface area contributed by atoms with Crippen molar-refractivity contribution >= 4 is 5.95 Å². The first-order valence-corrected chi connectivity index (χ1v) is 5.73. The molecular weight excluding hydrogens is 261 g/mol. The molecule has 0 spiro atoms. The lowest BCUT2D eigenvalue weighted by atomic mass is 9.96. The Hall–Kier alpha value is -1.44. The van der Waals surface area contributed by atoms with Gasteiger partial charge >= 0.3 is 6.18 Å². The Morgan fingerprint density at radius 3 is 2.26 bits per heavy atom. The van der Waals surface area contributed by atoms with Crippen molar-refractivity contribution in [2.24, 2.45) is 0 Å². The van der Waals surface area contributed by atoms with E-state index in [0.29, 0.717) is 11.6 Å². The summed E-state index contributed by atoms with van der Waals surface area (Å²) in [7, 11) is 0. The summed E-state index contributed by atoms with van der Waals surface area (Å²) >= 11 is 0. The smallest absolute Gasteiger partial charge is 0.372 e. The lowest BCUT2D eigenvalue weighted by molar-refractivity contribution is -0.173. The van der Waals surface area contributed by atoms with Crippen LogP contribution in [0.15, 0.2) is 0 Å². The molecule has 0 atom stereocenters. The first-order valence-electron chi connectivity index (χ1n) is 5.73. The summed E-state index contributed by atoms with van der Waals surface area (Å²) in [6.45, 7) is 4.33. The molecule has 8 heteroatoms. The third kappa shape index (κ3) is 5.82. The third-order valence-corrected chi connectivity index (χ3v) is 2.11. The highest BCUT2D eigenvalue weighted by Crippen LogP contribution is 2.18. The van der Waals surface area contributed by atoms with E-state index in [1.165, 1.54) is 0 Å². The van der Waals surface area contributed by atoms with Crippen LogP contribution in [-0.4, -0.2) is 34.3 Å². The Kier molecular flexibility index (Phi) is 4.67. The van der Waals surface area contributed by atoms with E-state index in [0.717, 1.165) is 0 Å². The second-order valence-electron chi connectivity index (χ2n) is 5.10. The molecule has 0 aliphatic rings. The van der Waals surface area contributed by atoms with Gasteiger partial charge in [0.2, 0.25) is 5.95 Å². The van der Waals surface area contributed by atoms with Crippen LogP contribution in [0.5, 0.6) is 0 Å². The van der Waals surface area contributed by atoms with Gasteiger partial charge in [-0.1, -0.05) is 20.8 Å². The number of alkyl halides is 3. The number of hydrogen-bond donors (Lipinski definition) is 1. The SMILES string of the molecule is CC(C)(C)c1nc(N)nc(CCOCC(F)(F)F)n1. The van der Waals surface area contributed by atoms with Crippen molar-refractivity contribution in [2.45, 2.75) is 38.8 Å². The largest absolute Gasteiger partial charge is 0.411 e. The fraction of sp³-hybridized carbons (Fsp3) is 0.727. The molecule has 0 unspecified atom stereocenters. The van der Waals surface area contributed by atoms with Crippen LogP contribution < -0.4 is 5.73 Å². The van der Waals surface area contributed by atoms with Crippen molar-refractivity contribution in [3.05, 3.63) is 11.6 Å². The number of halogens is 3. The van der Waals surface area contributed by atoms with Gasteiger partial charge in [-0.15, -0.1) is 0 Å². The fourth-order valence-corrected chi connectivity index (χ4v) is 1.24. The van der Waals surface area contributed by atoms with Crippen LogP contribution in [0.3, 0.4) is 0 Å². The van der Waals surface area contributed by atoms with Crippen molar-refractivity contribution in [1.82, 2.24) is 15.0 Å². The Labute approximate surface area is 109 Å². The van der Waals surface area contributed by atoms with Crippen LogP contribution in [0.2, 0.25) is 0 Å². The molecule has 0 aliphatic heterocycles. The molecule has 1 heterocycles. The maximum Gasteiger partial charge on any atom is 0.411 e. The number of rotatable bonds is 4. The predicted molar refractivity (Wildman–Crippen MR) is 63.5 cm³/mol. The van der Waals surface area contributed by atoms with E-state index in [-0.39, 0.29) is 24.4 Å². The average Bonchev–Trinajstić information content (AvgIpc) is 2.21. The number of nitrogen functional groups attached to an aromatic ring is 1. The minimum Gasteiger partial charge on any atom is -0.372 e. The molecule has 1 aromatic heterocycles. The van der Waals surface area contributed by atoms with Crippen LogP contribution >= 0.6 is 0 Å². The number of hydrogen-bond acceptors (Lipinski definition) is 5. The topological polar surface area (TPSA) is 73.9 Å². The van der Waals surface area contributed by atoms with E-state index in [2.05, 4.69) is 19.7 Å². The second kappa shape index (κ2) is 5.68. The summed E-state index contributed by atoms with van der Waals surface area (Å²) in [5, 5.41) is 0. The minimum absolute atomic E-state index is 0.0609. The zero-order valence-electron chi connectivity index (χ0n) is 11.1. The standard InChI is InChI=1S/C11H17F3N4O/c1-10(2,3)8-16-7(17-9(15)18-8)4-5-19-6-11(12,13)14/h4-6H2,1-3H3,(H2,15,16,17,18). The zero-order chi connectivity index (χ0) is 14.7. The van der Waals surface area contributed by atoms with E-state index < -0.39 is 12.8 Å². The van der Waals surface area contributed by atoms with E-state index in [1.54, 1.807) is 0 Å². The molecule has 0 fully saturated rings. The monoisotopic (exact) mass is 278 g/mol. The molecular formula is C11H17F3N4O. The number of ether oxygens (including phenoxy) is 1. The molecule has 0 amide bonds. The van der Waals surface area contributed by atoms with Crippen molar-refractivity contribution in [1.29, 1.82) is 0 Å². The summed E-state index contributed by atoms with van der Waals surface area (Å²) in [6, 6.07) is 0. The van der Waals surface area contributed by atoms with Crippen LogP contribution in [0.1, 0.15) is 32.4 Å². The van der Waals surface area contributed by atoms with Crippen molar-refractivity contribution in [3.8, 4) is 0 Å². The van der Waals surface area contributed by atoms with E-state index >= 15 is 0 Å². The first kappa shape index (κ1) is 15.6. The number of anilines is 1. The maximum atomic E-state index is 11.9. The molecule has 5 nitrogen and oxygen atoms in total. The molecule has 0 saturated carbocycles. The number of nitrogens with zero attached hydrogens (tertiary/aromatic N) is 3. The number of aromatic nitrogens is 3. The van der Waals surface area contributed by atoms with E-state index in [9.17, 15) is 13.2 Å². The lowest BCUT2D eigenvalue weighted by Gasteiger charge is -2.17. The molecule has 0 aliphatic carbocycles. The molecule has 0 saturated heterocycles. The predicted octanol–water partition coefficient (Wildman–Crippen LogP) is 1.87. The minimum atomic E-state index is -4.32. The van der Waals surface area contributed by atoms with Gasteiger partial charge in [0.05, 0.1) is 6.61 Å². The van der Waals surface area contributed by atoms with Crippen molar-refractivity contribution in [2.75, 3.05) is 18.9 Å². The van der Waals surface area contributed by atoms with E-state index in [4.69, 9.17) is 5.73 Å². The number of nitrogens with two attached hydrogens (primary N) is 1. The average molecular weight is 278 g/mol. The molecule has 0 bridgehead atoms. The quantitative estimate of drug-likeness (QED) is 0.851. The molecule has 0 radical (unpaired) electrons. The highest BCUT2D eigenvalue weighted by atomic mass is 19.4. The van der Waals surface area contributed by atoms with Gasteiger partial charge in [0.15, 0.2) is 0 Å². The van der Waals surface area contributed by atoms with Gasteiger partial charge in [0.1, 0.15) is 18.3 Å². The van der Waals surface area contributed by atoms with Crippen LogP contribution in [0.25, 0.3) is 0 Å². The van der Waals surface area contributed by atoms with E-state index in [1.807, 2.05) is 20.8 Å².